The van der Waals surface area contributed by atoms with Crippen LogP contribution in [0.15, 0.2) is 45.7 Å². The van der Waals surface area contributed by atoms with E-state index in [0.717, 1.165) is 43.9 Å². The molecule has 0 unspecified atom stereocenters. The minimum Gasteiger partial charge on any atom is -0.455 e. The molecule has 5 nitrogen and oxygen atoms in total. The Morgan fingerprint density at radius 2 is 1.90 bits per heavy atom. The van der Waals surface area contributed by atoms with Crippen LogP contribution in [-0.4, -0.2) is 20.4 Å². The van der Waals surface area contributed by atoms with Crippen LogP contribution in [0.3, 0.4) is 0 Å². The summed E-state index contributed by atoms with van der Waals surface area (Å²) in [5.41, 5.74) is -1.04. The molecule has 0 spiro atoms. The van der Waals surface area contributed by atoms with Gasteiger partial charge >= 0.3 is 6.18 Å². The van der Waals surface area contributed by atoms with E-state index in [2.05, 4.69) is 12.2 Å². The lowest BCUT2D eigenvalue weighted by Crippen LogP contribution is -2.40. The van der Waals surface area contributed by atoms with Crippen LogP contribution in [-0.2, 0) is 21.8 Å². The Morgan fingerprint density at radius 1 is 1.17 bits per heavy atom. The number of hydrogen-bond donors (Lipinski definition) is 1. The molecule has 1 aromatic carbocycles. The van der Waals surface area contributed by atoms with Crippen molar-refractivity contribution < 1.29 is 30.8 Å². The van der Waals surface area contributed by atoms with E-state index in [0.29, 0.717) is 12.0 Å². The molecule has 1 saturated carbocycles. The SMILES string of the molecule is C[C@H]1CCCC[C@@H]1NC(=O)c1ccc(CS(=O)(=O)c2cccc(C(F)(F)F)c2)o1. The lowest BCUT2D eigenvalue weighted by molar-refractivity contribution is -0.137. The van der Waals surface area contributed by atoms with Gasteiger partial charge in [-0.05, 0) is 49.1 Å². The topological polar surface area (TPSA) is 76.4 Å². The minimum absolute atomic E-state index is 0.00995. The highest BCUT2D eigenvalue weighted by atomic mass is 32.2. The summed E-state index contributed by atoms with van der Waals surface area (Å²) in [6, 6.07) is 6.31. The number of nitrogens with one attached hydrogen (secondary N) is 1. The molecule has 0 radical (unpaired) electrons. The predicted octanol–water partition coefficient (Wildman–Crippen LogP) is 4.58. The fourth-order valence-electron chi connectivity index (χ4n) is 3.48. The normalized spacial score (nSPS) is 20.4. The van der Waals surface area contributed by atoms with E-state index in [9.17, 15) is 26.4 Å². The second kappa shape index (κ2) is 8.22. The number of carbonyl (C=O) groups excluding carboxylic acids is 1. The average Bonchev–Trinajstić information content (AvgIpc) is 3.11. The zero-order valence-electron chi connectivity index (χ0n) is 15.8. The van der Waals surface area contributed by atoms with Crippen LogP contribution in [0.2, 0.25) is 0 Å². The van der Waals surface area contributed by atoms with Crippen LogP contribution >= 0.6 is 0 Å². The highest BCUT2D eigenvalue weighted by Gasteiger charge is 2.32. The molecule has 0 aliphatic heterocycles. The van der Waals surface area contributed by atoms with Crippen molar-refractivity contribution in [3.05, 3.63) is 53.5 Å². The lowest BCUT2D eigenvalue weighted by Gasteiger charge is -2.29. The maximum Gasteiger partial charge on any atom is 0.416 e. The van der Waals surface area contributed by atoms with E-state index >= 15 is 0 Å². The third-order valence-electron chi connectivity index (χ3n) is 5.17. The first-order valence-electron chi connectivity index (χ1n) is 9.36. The Balaban J connectivity index is 1.71. The number of alkyl halides is 3. The van der Waals surface area contributed by atoms with Gasteiger partial charge in [-0.1, -0.05) is 25.8 Å². The average molecular weight is 429 g/mol. The molecule has 1 N–H and O–H groups in total. The van der Waals surface area contributed by atoms with Crippen LogP contribution in [0.1, 0.15) is 54.5 Å². The molecule has 158 valence electrons. The molecule has 1 heterocycles. The number of hydrogen-bond acceptors (Lipinski definition) is 4. The van der Waals surface area contributed by atoms with Crippen LogP contribution in [0.4, 0.5) is 13.2 Å². The fraction of sp³-hybridized carbons (Fsp3) is 0.450. The zero-order valence-corrected chi connectivity index (χ0v) is 16.6. The van der Waals surface area contributed by atoms with E-state index in [1.54, 1.807) is 0 Å². The summed E-state index contributed by atoms with van der Waals surface area (Å²) in [6.07, 6.45) is -0.564. The number of amides is 1. The van der Waals surface area contributed by atoms with Crippen LogP contribution < -0.4 is 5.32 Å². The summed E-state index contributed by atoms with van der Waals surface area (Å²) in [4.78, 5) is 11.9. The summed E-state index contributed by atoms with van der Waals surface area (Å²) in [5, 5.41) is 2.91. The van der Waals surface area contributed by atoms with Gasteiger partial charge in [0.05, 0.1) is 10.5 Å². The highest BCUT2D eigenvalue weighted by molar-refractivity contribution is 7.90. The number of carbonyl (C=O) groups is 1. The van der Waals surface area contributed by atoms with E-state index < -0.39 is 38.1 Å². The Labute approximate surface area is 167 Å². The Hall–Kier alpha value is -2.29. The summed E-state index contributed by atoms with van der Waals surface area (Å²) in [5.74, 6) is -0.738. The van der Waals surface area contributed by atoms with Gasteiger partial charge in [-0.3, -0.25) is 4.79 Å². The van der Waals surface area contributed by atoms with Gasteiger partial charge in [0.15, 0.2) is 15.6 Å². The molecule has 29 heavy (non-hydrogen) atoms. The monoisotopic (exact) mass is 429 g/mol. The highest BCUT2D eigenvalue weighted by Crippen LogP contribution is 2.31. The molecule has 0 saturated heterocycles. The first-order valence-corrected chi connectivity index (χ1v) is 11.0. The zero-order chi connectivity index (χ0) is 21.2. The third kappa shape index (κ3) is 5.20. The number of rotatable bonds is 5. The van der Waals surface area contributed by atoms with Gasteiger partial charge < -0.3 is 9.73 Å². The van der Waals surface area contributed by atoms with Gasteiger partial charge in [0, 0.05) is 6.04 Å². The van der Waals surface area contributed by atoms with Crippen molar-refractivity contribution in [2.45, 2.75) is 55.5 Å². The van der Waals surface area contributed by atoms with Gasteiger partial charge in [-0.15, -0.1) is 0 Å². The third-order valence-corrected chi connectivity index (χ3v) is 6.80. The van der Waals surface area contributed by atoms with Gasteiger partial charge in [0.2, 0.25) is 0 Å². The van der Waals surface area contributed by atoms with E-state index in [4.69, 9.17) is 4.42 Å². The van der Waals surface area contributed by atoms with Crippen molar-refractivity contribution in [2.75, 3.05) is 0 Å². The van der Waals surface area contributed by atoms with E-state index in [1.807, 2.05) is 0 Å². The standard InChI is InChI=1S/C20H22F3NO4S/c1-13-5-2-3-8-17(13)24-19(25)18-10-9-15(28-18)12-29(26,27)16-7-4-6-14(11-16)20(21,22)23/h4,6-7,9-11,13,17H,2-3,5,8,12H2,1H3,(H,24,25)/t13-,17-/m0/s1. The van der Waals surface area contributed by atoms with Crippen molar-refractivity contribution in [3.63, 3.8) is 0 Å². The van der Waals surface area contributed by atoms with Gasteiger partial charge in [-0.2, -0.15) is 13.2 Å². The van der Waals surface area contributed by atoms with Gasteiger partial charge in [0.1, 0.15) is 11.5 Å². The van der Waals surface area contributed by atoms with E-state index in [-0.39, 0.29) is 17.6 Å². The second-order valence-electron chi connectivity index (χ2n) is 7.39. The van der Waals surface area contributed by atoms with Gasteiger partial charge in [-0.25, -0.2) is 8.42 Å². The molecule has 1 amide bonds. The van der Waals surface area contributed by atoms with Crippen LogP contribution in [0.5, 0.6) is 0 Å². The van der Waals surface area contributed by atoms with Crippen molar-refractivity contribution >= 4 is 15.7 Å². The number of halogens is 3. The minimum atomic E-state index is -4.64. The molecule has 2 atom stereocenters. The molecule has 1 aromatic heterocycles. The van der Waals surface area contributed by atoms with Crippen LogP contribution in [0, 0.1) is 5.92 Å². The molecular formula is C20H22F3NO4S. The molecule has 1 aliphatic carbocycles. The molecule has 0 bridgehead atoms. The summed E-state index contributed by atoms with van der Waals surface area (Å²) < 4.78 is 68.9. The smallest absolute Gasteiger partial charge is 0.416 e. The second-order valence-corrected chi connectivity index (χ2v) is 9.38. The molecule has 3 rings (SSSR count). The quantitative estimate of drug-likeness (QED) is 0.755. The molecule has 9 heteroatoms. The van der Waals surface area contributed by atoms with Gasteiger partial charge in [0.25, 0.3) is 5.91 Å². The molecule has 2 aromatic rings. The first-order chi connectivity index (χ1) is 13.6. The first kappa shape index (κ1) is 21.4. The van der Waals surface area contributed by atoms with Crippen molar-refractivity contribution in [2.24, 2.45) is 5.92 Å². The Kier molecular flexibility index (Phi) is 6.07. The largest absolute Gasteiger partial charge is 0.455 e. The summed E-state index contributed by atoms with van der Waals surface area (Å²) in [6.45, 7) is 2.07. The van der Waals surface area contributed by atoms with Crippen molar-refractivity contribution in [1.29, 1.82) is 0 Å². The number of benzene rings is 1. The number of furan rings is 1. The Bertz CT molecular complexity index is 982. The summed E-state index contributed by atoms with van der Waals surface area (Å²) in [7, 11) is -4.07. The Morgan fingerprint density at radius 3 is 2.59 bits per heavy atom. The molecular weight excluding hydrogens is 407 g/mol. The number of sulfone groups is 1. The van der Waals surface area contributed by atoms with Crippen molar-refractivity contribution in [3.8, 4) is 0 Å². The maximum atomic E-state index is 12.8. The summed E-state index contributed by atoms with van der Waals surface area (Å²) >= 11 is 0. The lowest BCUT2D eigenvalue weighted by atomic mass is 9.86. The molecule has 1 fully saturated rings. The van der Waals surface area contributed by atoms with Crippen LogP contribution in [0.25, 0.3) is 0 Å². The van der Waals surface area contributed by atoms with Crippen molar-refractivity contribution in [1.82, 2.24) is 5.32 Å². The molecule has 1 aliphatic rings. The predicted molar refractivity (Wildman–Crippen MR) is 99.9 cm³/mol. The fourth-order valence-corrected chi connectivity index (χ4v) is 4.77. The van der Waals surface area contributed by atoms with E-state index in [1.165, 1.54) is 12.1 Å². The maximum absolute atomic E-state index is 12.8.